The van der Waals surface area contributed by atoms with E-state index in [-0.39, 0.29) is 12.8 Å². The van der Waals surface area contributed by atoms with Gasteiger partial charge in [0.1, 0.15) is 34.9 Å². The van der Waals surface area contributed by atoms with Crippen molar-refractivity contribution in [1.82, 2.24) is 16.0 Å². The zero-order valence-electron chi connectivity index (χ0n) is 25.8. The molecule has 3 amide bonds. The molecular weight excluding hydrogens is 540 g/mol. The van der Waals surface area contributed by atoms with Crippen LogP contribution in [0.4, 0.5) is 0 Å². The van der Waals surface area contributed by atoms with Gasteiger partial charge in [-0.1, -0.05) is 0 Å². The summed E-state index contributed by atoms with van der Waals surface area (Å²) in [5.41, 5.74) is 3.45. The van der Waals surface area contributed by atoms with Crippen LogP contribution in [0.2, 0.25) is 0 Å². The van der Waals surface area contributed by atoms with Gasteiger partial charge in [0.15, 0.2) is 0 Å². The summed E-state index contributed by atoms with van der Waals surface area (Å²) in [6.07, 6.45) is -1.02. The number of nitrogens with one attached hydrogen (secondary N) is 3. The third kappa shape index (κ3) is 17.2. The molecule has 0 saturated carbocycles. The number of hydrogen-bond donors (Lipinski definition) is 5. The SMILES string of the molecule is C[C@H](NC(=O)[C@H](CO)NC(=O)[C@H](CCC(=O)OC(C)(C)C)NC(=O)[C@@H](N)CC(=O)OC(C)(C)C)C(=O)OC(C)(C)C. The van der Waals surface area contributed by atoms with Crippen LogP contribution in [0.5, 0.6) is 0 Å². The molecule has 41 heavy (non-hydrogen) atoms. The predicted molar refractivity (Wildman–Crippen MR) is 148 cm³/mol. The molecule has 0 heterocycles. The Balaban J connectivity index is 5.58. The number of esters is 3. The zero-order chi connectivity index (χ0) is 32.3. The Labute approximate surface area is 241 Å². The van der Waals surface area contributed by atoms with E-state index in [0.717, 1.165) is 0 Å². The molecule has 0 aliphatic carbocycles. The Morgan fingerprint density at radius 1 is 0.683 bits per heavy atom. The number of amides is 3. The molecule has 4 atom stereocenters. The topological polar surface area (TPSA) is 212 Å². The van der Waals surface area contributed by atoms with Gasteiger partial charge >= 0.3 is 17.9 Å². The third-order valence-corrected chi connectivity index (χ3v) is 4.77. The number of carbonyl (C=O) groups is 6. The summed E-state index contributed by atoms with van der Waals surface area (Å²) in [4.78, 5) is 75.0. The molecule has 14 heteroatoms. The van der Waals surface area contributed by atoms with Crippen molar-refractivity contribution in [3.63, 3.8) is 0 Å². The highest BCUT2D eigenvalue weighted by atomic mass is 16.6. The molecule has 0 spiro atoms. The standard InChI is InChI=1S/C27H48N4O10/c1-15(24(38)41-27(8,9)10)29-23(37)18(14-32)31-22(36)17(11-12-19(33)39-25(2,3)4)30-21(35)16(28)13-20(34)40-26(5,6)7/h15-18,32H,11-14,28H2,1-10H3,(H,29,37)(H,30,35)(H,31,36)/t15-,16-,17-,18-/m0/s1. The highest BCUT2D eigenvalue weighted by Gasteiger charge is 2.32. The van der Waals surface area contributed by atoms with Gasteiger partial charge in [0, 0.05) is 6.42 Å². The molecule has 0 unspecified atom stereocenters. The Morgan fingerprint density at radius 3 is 1.59 bits per heavy atom. The van der Waals surface area contributed by atoms with Gasteiger partial charge in [-0.15, -0.1) is 0 Å². The first-order chi connectivity index (χ1) is 18.4. The van der Waals surface area contributed by atoms with E-state index in [1.54, 1.807) is 62.3 Å². The molecule has 6 N–H and O–H groups in total. The number of rotatable bonds is 13. The van der Waals surface area contributed by atoms with E-state index < -0.39 is 89.6 Å². The first kappa shape index (κ1) is 37.7. The molecule has 14 nitrogen and oxygen atoms in total. The molecular formula is C27H48N4O10. The van der Waals surface area contributed by atoms with Crippen LogP contribution in [0.3, 0.4) is 0 Å². The van der Waals surface area contributed by atoms with Gasteiger partial charge in [-0.3, -0.25) is 24.0 Å². The minimum absolute atomic E-state index is 0.250. The summed E-state index contributed by atoms with van der Waals surface area (Å²) >= 11 is 0. The average molecular weight is 589 g/mol. The van der Waals surface area contributed by atoms with Crippen molar-refractivity contribution >= 4 is 35.6 Å². The number of aliphatic hydroxyl groups excluding tert-OH is 1. The lowest BCUT2D eigenvalue weighted by Gasteiger charge is -2.26. The number of aliphatic hydroxyl groups is 1. The smallest absolute Gasteiger partial charge is 0.328 e. The van der Waals surface area contributed by atoms with Crippen LogP contribution < -0.4 is 21.7 Å². The Bertz CT molecular complexity index is 947. The molecule has 0 aromatic carbocycles. The van der Waals surface area contributed by atoms with E-state index in [1.165, 1.54) is 6.92 Å². The highest BCUT2D eigenvalue weighted by Crippen LogP contribution is 2.12. The maximum absolute atomic E-state index is 13.1. The summed E-state index contributed by atoms with van der Waals surface area (Å²) < 4.78 is 15.6. The second kappa shape index (κ2) is 15.7. The van der Waals surface area contributed by atoms with Crippen LogP contribution in [0.15, 0.2) is 0 Å². The zero-order valence-corrected chi connectivity index (χ0v) is 25.8. The van der Waals surface area contributed by atoms with Gasteiger partial charge in [0.25, 0.3) is 0 Å². The number of carbonyl (C=O) groups excluding carboxylic acids is 6. The van der Waals surface area contributed by atoms with Crippen molar-refractivity contribution in [2.75, 3.05) is 6.61 Å². The molecule has 0 saturated heterocycles. The quantitative estimate of drug-likeness (QED) is 0.142. The molecule has 0 bridgehead atoms. The summed E-state index contributed by atoms with van der Waals surface area (Å²) in [5, 5.41) is 16.8. The first-order valence-electron chi connectivity index (χ1n) is 13.4. The van der Waals surface area contributed by atoms with Gasteiger partial charge in [-0.05, 0) is 75.7 Å². The molecule has 0 aliphatic rings. The van der Waals surface area contributed by atoms with E-state index >= 15 is 0 Å². The highest BCUT2D eigenvalue weighted by molar-refractivity contribution is 5.95. The minimum Gasteiger partial charge on any atom is -0.460 e. The first-order valence-corrected chi connectivity index (χ1v) is 13.4. The summed E-state index contributed by atoms with van der Waals surface area (Å²) in [6, 6.07) is -5.39. The molecule has 236 valence electrons. The van der Waals surface area contributed by atoms with Crippen molar-refractivity contribution in [2.24, 2.45) is 5.73 Å². The fourth-order valence-corrected chi connectivity index (χ4v) is 3.09. The van der Waals surface area contributed by atoms with Gasteiger partial charge in [-0.25, -0.2) is 4.79 Å². The normalized spacial score (nSPS) is 14.9. The summed E-state index contributed by atoms with van der Waals surface area (Å²) in [7, 11) is 0. The predicted octanol–water partition coefficient (Wildman–Crippen LogP) is -0.0243. The maximum Gasteiger partial charge on any atom is 0.328 e. The second-order valence-electron chi connectivity index (χ2n) is 12.6. The molecule has 0 aromatic heterocycles. The van der Waals surface area contributed by atoms with E-state index in [2.05, 4.69) is 16.0 Å². The lowest BCUT2D eigenvalue weighted by atomic mass is 10.1. The monoisotopic (exact) mass is 588 g/mol. The number of ether oxygens (including phenoxy) is 3. The Morgan fingerprint density at radius 2 is 1.12 bits per heavy atom. The molecule has 0 fully saturated rings. The van der Waals surface area contributed by atoms with Crippen LogP contribution in [-0.4, -0.2) is 88.3 Å². The van der Waals surface area contributed by atoms with Crippen molar-refractivity contribution in [2.45, 2.75) is 129 Å². The van der Waals surface area contributed by atoms with E-state index in [0.29, 0.717) is 0 Å². The second-order valence-corrected chi connectivity index (χ2v) is 12.6. The van der Waals surface area contributed by atoms with Crippen molar-refractivity contribution in [1.29, 1.82) is 0 Å². The fourth-order valence-electron chi connectivity index (χ4n) is 3.09. The van der Waals surface area contributed by atoms with Gasteiger partial charge in [-0.2, -0.15) is 0 Å². The van der Waals surface area contributed by atoms with Crippen molar-refractivity contribution in [3.05, 3.63) is 0 Å². The van der Waals surface area contributed by atoms with E-state index in [9.17, 15) is 33.9 Å². The molecule has 0 aliphatic heterocycles. The minimum atomic E-state index is -1.51. The van der Waals surface area contributed by atoms with Gasteiger partial charge < -0.3 is 41.0 Å². The van der Waals surface area contributed by atoms with Crippen LogP contribution in [0.25, 0.3) is 0 Å². The van der Waals surface area contributed by atoms with E-state index in [1.807, 2.05) is 0 Å². The lowest BCUT2D eigenvalue weighted by Crippen LogP contribution is -2.58. The molecule has 0 aromatic rings. The summed E-state index contributed by atoms with van der Waals surface area (Å²) in [6.45, 7) is 15.4. The van der Waals surface area contributed by atoms with Crippen LogP contribution in [-0.2, 0) is 43.0 Å². The summed E-state index contributed by atoms with van der Waals surface area (Å²) in [5.74, 6) is -4.81. The van der Waals surface area contributed by atoms with Gasteiger partial charge in [0.05, 0.1) is 19.1 Å². The fraction of sp³-hybridized carbons (Fsp3) is 0.778. The van der Waals surface area contributed by atoms with Crippen molar-refractivity contribution in [3.8, 4) is 0 Å². The van der Waals surface area contributed by atoms with Crippen LogP contribution >= 0.6 is 0 Å². The van der Waals surface area contributed by atoms with Crippen LogP contribution in [0.1, 0.15) is 88.5 Å². The van der Waals surface area contributed by atoms with Crippen LogP contribution in [0, 0.1) is 0 Å². The van der Waals surface area contributed by atoms with Gasteiger partial charge in [0.2, 0.25) is 17.7 Å². The average Bonchev–Trinajstić information content (AvgIpc) is 2.75. The lowest BCUT2D eigenvalue weighted by molar-refractivity contribution is -0.158. The Kier molecular flexibility index (Phi) is 14.4. The third-order valence-electron chi connectivity index (χ3n) is 4.77. The van der Waals surface area contributed by atoms with Crippen molar-refractivity contribution < 1.29 is 48.1 Å². The maximum atomic E-state index is 13.1. The number of nitrogens with two attached hydrogens (primary N) is 1. The Hall–Kier alpha value is -3.26. The van der Waals surface area contributed by atoms with E-state index in [4.69, 9.17) is 19.9 Å². The number of hydrogen-bond acceptors (Lipinski definition) is 11. The molecule has 0 radical (unpaired) electrons. The largest absolute Gasteiger partial charge is 0.460 e. The molecule has 0 rings (SSSR count).